The molecule has 0 bridgehead atoms. The number of rotatable bonds is 4. The molecule has 0 saturated heterocycles. The van der Waals surface area contributed by atoms with Crippen molar-refractivity contribution in [3.8, 4) is 5.75 Å². The van der Waals surface area contributed by atoms with E-state index in [-0.39, 0.29) is 5.75 Å². The van der Waals surface area contributed by atoms with E-state index in [1.165, 1.54) is 13.2 Å². The lowest BCUT2D eigenvalue weighted by atomic mass is 10.0. The summed E-state index contributed by atoms with van der Waals surface area (Å²) in [5, 5.41) is 0. The van der Waals surface area contributed by atoms with E-state index in [4.69, 9.17) is 10.5 Å². The van der Waals surface area contributed by atoms with Crippen LogP contribution < -0.4 is 10.5 Å². The van der Waals surface area contributed by atoms with Crippen LogP contribution in [0.5, 0.6) is 5.75 Å². The van der Waals surface area contributed by atoms with Crippen LogP contribution in [0, 0.1) is 0 Å². The lowest BCUT2D eigenvalue weighted by Gasteiger charge is -2.15. The molecule has 1 rings (SSSR count). The molecule has 2 nitrogen and oxygen atoms in total. The van der Waals surface area contributed by atoms with Crippen molar-refractivity contribution in [1.29, 1.82) is 0 Å². The molecule has 16 heavy (non-hydrogen) atoms. The topological polar surface area (TPSA) is 35.2 Å². The van der Waals surface area contributed by atoms with E-state index in [2.05, 4.69) is 0 Å². The summed E-state index contributed by atoms with van der Waals surface area (Å²) >= 11 is 0. The van der Waals surface area contributed by atoms with E-state index in [0.29, 0.717) is 24.9 Å². The first-order valence-electron chi connectivity index (χ1n) is 4.94. The van der Waals surface area contributed by atoms with Gasteiger partial charge in [-0.3, -0.25) is 0 Å². The van der Waals surface area contributed by atoms with Crippen molar-refractivity contribution in [1.82, 2.24) is 0 Å². The molecule has 0 unspecified atom stereocenters. The van der Waals surface area contributed by atoms with Crippen LogP contribution in [-0.2, 0) is 12.6 Å². The smallest absolute Gasteiger partial charge is 0.419 e. The molecule has 0 saturated carbocycles. The Bertz CT molecular complexity index is 350. The molecule has 0 spiro atoms. The van der Waals surface area contributed by atoms with Gasteiger partial charge in [-0.1, -0.05) is 12.1 Å². The summed E-state index contributed by atoms with van der Waals surface area (Å²) < 4.78 is 42.7. The van der Waals surface area contributed by atoms with Crippen LogP contribution in [0.3, 0.4) is 0 Å². The van der Waals surface area contributed by atoms with Crippen molar-refractivity contribution in [2.24, 2.45) is 5.73 Å². The number of hydrogen-bond acceptors (Lipinski definition) is 2. The van der Waals surface area contributed by atoms with Crippen LogP contribution in [0.4, 0.5) is 13.2 Å². The zero-order valence-electron chi connectivity index (χ0n) is 8.97. The fourth-order valence-corrected chi connectivity index (χ4v) is 1.54. The van der Waals surface area contributed by atoms with E-state index in [9.17, 15) is 13.2 Å². The number of hydrogen-bond donors (Lipinski definition) is 1. The predicted octanol–water partition coefficient (Wildman–Crippen LogP) is 2.61. The lowest BCUT2D eigenvalue weighted by Crippen LogP contribution is -2.10. The second-order valence-corrected chi connectivity index (χ2v) is 3.39. The Morgan fingerprint density at radius 1 is 1.31 bits per heavy atom. The molecule has 0 aliphatic rings. The summed E-state index contributed by atoms with van der Waals surface area (Å²) in [7, 11) is 1.25. The molecule has 2 N–H and O–H groups in total. The molecule has 0 radical (unpaired) electrons. The summed E-state index contributed by atoms with van der Waals surface area (Å²) in [5.74, 6) is -0.0940. The maximum atomic E-state index is 12.6. The predicted molar refractivity (Wildman–Crippen MR) is 55.4 cm³/mol. The van der Waals surface area contributed by atoms with Gasteiger partial charge in [-0.05, 0) is 31.0 Å². The van der Waals surface area contributed by atoms with Crippen molar-refractivity contribution in [3.05, 3.63) is 29.3 Å². The fourth-order valence-electron chi connectivity index (χ4n) is 1.54. The molecule has 0 aliphatic carbocycles. The van der Waals surface area contributed by atoms with Gasteiger partial charge in [0.05, 0.1) is 12.7 Å². The van der Waals surface area contributed by atoms with E-state index >= 15 is 0 Å². The van der Waals surface area contributed by atoms with Gasteiger partial charge in [-0.25, -0.2) is 0 Å². The van der Waals surface area contributed by atoms with Crippen molar-refractivity contribution < 1.29 is 17.9 Å². The molecular weight excluding hydrogens is 219 g/mol. The Kier molecular flexibility index (Phi) is 4.18. The highest BCUT2D eigenvalue weighted by Gasteiger charge is 2.34. The Labute approximate surface area is 92.2 Å². The average molecular weight is 233 g/mol. The highest BCUT2D eigenvalue weighted by molar-refractivity contribution is 5.43. The second kappa shape index (κ2) is 5.21. The summed E-state index contributed by atoms with van der Waals surface area (Å²) in [6.45, 7) is 0.444. The Hall–Kier alpha value is -1.23. The molecule has 0 amide bonds. The minimum absolute atomic E-state index is 0.0940. The minimum Gasteiger partial charge on any atom is -0.496 e. The highest BCUT2D eigenvalue weighted by Crippen LogP contribution is 2.38. The van der Waals surface area contributed by atoms with Gasteiger partial charge >= 0.3 is 6.18 Å². The number of alkyl halides is 3. The summed E-state index contributed by atoms with van der Waals surface area (Å²) in [6, 6.07) is 4.03. The van der Waals surface area contributed by atoms with Gasteiger partial charge < -0.3 is 10.5 Å². The van der Waals surface area contributed by atoms with Gasteiger partial charge in [-0.15, -0.1) is 0 Å². The molecule has 1 aromatic carbocycles. The van der Waals surface area contributed by atoms with Gasteiger partial charge in [0.25, 0.3) is 0 Å². The molecule has 0 fully saturated rings. The van der Waals surface area contributed by atoms with Crippen LogP contribution in [-0.4, -0.2) is 13.7 Å². The van der Waals surface area contributed by atoms with E-state index < -0.39 is 11.7 Å². The maximum Gasteiger partial charge on any atom is 0.419 e. The van der Waals surface area contributed by atoms with Crippen molar-refractivity contribution >= 4 is 0 Å². The third-order valence-corrected chi connectivity index (χ3v) is 2.26. The van der Waals surface area contributed by atoms with Crippen LogP contribution in [0.15, 0.2) is 18.2 Å². The number of nitrogens with two attached hydrogens (primary N) is 1. The standard InChI is InChI=1S/C11H14F3NO/c1-16-10-8(5-3-7-15)4-2-6-9(10)11(12,13)14/h2,4,6H,3,5,7,15H2,1H3. The van der Waals surface area contributed by atoms with Crippen LogP contribution in [0.2, 0.25) is 0 Å². The number of methoxy groups -OCH3 is 1. The van der Waals surface area contributed by atoms with Crippen LogP contribution >= 0.6 is 0 Å². The fraction of sp³-hybridized carbons (Fsp3) is 0.455. The summed E-state index contributed by atoms with van der Waals surface area (Å²) in [6.07, 6.45) is -3.26. The number of halogens is 3. The van der Waals surface area contributed by atoms with E-state index in [1.807, 2.05) is 0 Å². The summed E-state index contributed by atoms with van der Waals surface area (Å²) in [4.78, 5) is 0. The third-order valence-electron chi connectivity index (χ3n) is 2.26. The second-order valence-electron chi connectivity index (χ2n) is 3.39. The first-order valence-corrected chi connectivity index (χ1v) is 4.94. The molecular formula is C11H14F3NO. The average Bonchev–Trinajstić information content (AvgIpc) is 2.24. The SMILES string of the molecule is COc1c(CCCN)cccc1C(F)(F)F. The van der Waals surface area contributed by atoms with Gasteiger partial charge in [0.15, 0.2) is 0 Å². The summed E-state index contributed by atoms with van der Waals surface area (Å²) in [5.41, 5.74) is 5.14. The van der Waals surface area contributed by atoms with Gasteiger partial charge in [0, 0.05) is 0 Å². The van der Waals surface area contributed by atoms with E-state index in [1.54, 1.807) is 6.07 Å². The molecule has 5 heteroatoms. The highest BCUT2D eigenvalue weighted by atomic mass is 19.4. The zero-order valence-corrected chi connectivity index (χ0v) is 8.97. The van der Waals surface area contributed by atoms with Gasteiger partial charge in [-0.2, -0.15) is 13.2 Å². The minimum atomic E-state index is -4.38. The first kappa shape index (κ1) is 12.8. The van der Waals surface area contributed by atoms with Gasteiger partial charge in [0.2, 0.25) is 0 Å². The Morgan fingerprint density at radius 2 is 2.00 bits per heavy atom. The largest absolute Gasteiger partial charge is 0.496 e. The number of ether oxygens (including phenoxy) is 1. The third kappa shape index (κ3) is 2.88. The van der Waals surface area contributed by atoms with E-state index in [0.717, 1.165) is 6.07 Å². The monoisotopic (exact) mass is 233 g/mol. The molecule has 0 aromatic heterocycles. The molecule has 90 valence electrons. The lowest BCUT2D eigenvalue weighted by molar-refractivity contribution is -0.138. The van der Waals surface area contributed by atoms with Crippen molar-refractivity contribution in [2.75, 3.05) is 13.7 Å². The van der Waals surface area contributed by atoms with Gasteiger partial charge in [0.1, 0.15) is 5.75 Å². The molecule has 0 aliphatic heterocycles. The Morgan fingerprint density at radius 3 is 2.50 bits per heavy atom. The van der Waals surface area contributed by atoms with Crippen LogP contribution in [0.25, 0.3) is 0 Å². The zero-order chi connectivity index (χ0) is 12.2. The Balaban J connectivity index is 3.11. The molecule has 0 atom stereocenters. The normalized spacial score (nSPS) is 11.6. The van der Waals surface area contributed by atoms with Crippen molar-refractivity contribution in [2.45, 2.75) is 19.0 Å². The maximum absolute atomic E-state index is 12.6. The van der Waals surface area contributed by atoms with Crippen LogP contribution in [0.1, 0.15) is 17.5 Å². The number of benzene rings is 1. The molecule has 1 aromatic rings. The number of aryl methyl sites for hydroxylation is 1. The van der Waals surface area contributed by atoms with Crippen molar-refractivity contribution in [3.63, 3.8) is 0 Å². The first-order chi connectivity index (χ1) is 7.50. The number of para-hydroxylation sites is 1. The molecule has 0 heterocycles. The quantitative estimate of drug-likeness (QED) is 0.867.